The van der Waals surface area contributed by atoms with Crippen molar-refractivity contribution in [2.24, 2.45) is 0 Å². The lowest BCUT2D eigenvalue weighted by molar-refractivity contribution is 0.0690. The van der Waals surface area contributed by atoms with Gasteiger partial charge in [-0.3, -0.25) is 4.79 Å². The summed E-state index contributed by atoms with van der Waals surface area (Å²) in [6.07, 6.45) is 9.21. The third-order valence-corrected chi connectivity index (χ3v) is 5.38. The lowest BCUT2D eigenvalue weighted by atomic mass is 9.96. The third kappa shape index (κ3) is 4.61. The maximum absolute atomic E-state index is 13.1. The SMILES string of the molecule is CC(C)n1cccc1C(=O)N1CCCC(c2nccn2CCCN(C)C)C1. The van der Waals surface area contributed by atoms with Gasteiger partial charge in [0.15, 0.2) is 0 Å². The molecule has 1 amide bonds. The summed E-state index contributed by atoms with van der Waals surface area (Å²) in [5.41, 5.74) is 0.792. The highest BCUT2D eigenvalue weighted by molar-refractivity contribution is 5.93. The number of piperidine rings is 1. The van der Waals surface area contributed by atoms with E-state index < -0.39 is 0 Å². The minimum absolute atomic E-state index is 0.143. The Morgan fingerprint density at radius 2 is 2.15 bits per heavy atom. The number of carbonyl (C=O) groups excluding carboxylic acids is 1. The predicted molar refractivity (Wildman–Crippen MR) is 108 cm³/mol. The van der Waals surface area contributed by atoms with E-state index in [0.717, 1.165) is 57.0 Å². The van der Waals surface area contributed by atoms with Crippen LogP contribution in [0.5, 0.6) is 0 Å². The zero-order chi connectivity index (χ0) is 19.4. The first kappa shape index (κ1) is 19.7. The Bertz CT molecular complexity index is 745. The van der Waals surface area contributed by atoms with Crippen molar-refractivity contribution in [2.45, 2.75) is 51.6 Å². The largest absolute Gasteiger partial charge is 0.341 e. The van der Waals surface area contributed by atoms with Gasteiger partial charge in [-0.2, -0.15) is 0 Å². The molecule has 27 heavy (non-hydrogen) atoms. The molecule has 148 valence electrons. The van der Waals surface area contributed by atoms with Crippen LogP contribution >= 0.6 is 0 Å². The van der Waals surface area contributed by atoms with E-state index in [1.807, 2.05) is 29.4 Å². The molecule has 6 nitrogen and oxygen atoms in total. The van der Waals surface area contributed by atoms with Gasteiger partial charge in [-0.25, -0.2) is 4.98 Å². The number of rotatable bonds is 7. The van der Waals surface area contributed by atoms with Gasteiger partial charge in [-0.15, -0.1) is 0 Å². The van der Waals surface area contributed by atoms with Gasteiger partial charge < -0.3 is 18.9 Å². The van der Waals surface area contributed by atoms with Crippen molar-refractivity contribution in [1.82, 2.24) is 23.9 Å². The Balaban J connectivity index is 1.69. The van der Waals surface area contributed by atoms with Gasteiger partial charge in [-0.05, 0) is 65.9 Å². The summed E-state index contributed by atoms with van der Waals surface area (Å²) in [4.78, 5) is 22.0. The Morgan fingerprint density at radius 1 is 1.33 bits per heavy atom. The van der Waals surface area contributed by atoms with Crippen LogP contribution in [0.15, 0.2) is 30.7 Å². The van der Waals surface area contributed by atoms with Crippen molar-refractivity contribution >= 4 is 5.91 Å². The summed E-state index contributed by atoms with van der Waals surface area (Å²) in [5, 5.41) is 0. The number of imidazole rings is 1. The van der Waals surface area contributed by atoms with E-state index in [2.05, 4.69) is 53.2 Å². The van der Waals surface area contributed by atoms with Crippen LogP contribution < -0.4 is 0 Å². The summed E-state index contributed by atoms with van der Waals surface area (Å²) in [5.74, 6) is 1.59. The molecule has 1 atom stereocenters. The topological polar surface area (TPSA) is 46.3 Å². The van der Waals surface area contributed by atoms with Crippen LogP contribution in [0.4, 0.5) is 0 Å². The molecule has 1 unspecified atom stereocenters. The van der Waals surface area contributed by atoms with Gasteiger partial charge in [0.25, 0.3) is 5.91 Å². The molecule has 1 aliphatic heterocycles. The molecular formula is C21H33N5O. The molecule has 2 aromatic rings. The average molecular weight is 372 g/mol. The van der Waals surface area contributed by atoms with E-state index in [1.54, 1.807) is 0 Å². The monoisotopic (exact) mass is 371 g/mol. The second kappa shape index (κ2) is 8.74. The van der Waals surface area contributed by atoms with Gasteiger partial charge >= 0.3 is 0 Å². The molecule has 0 saturated carbocycles. The molecule has 0 spiro atoms. The van der Waals surface area contributed by atoms with E-state index in [1.165, 1.54) is 0 Å². The Kier molecular flexibility index (Phi) is 6.37. The predicted octanol–water partition coefficient (Wildman–Crippen LogP) is 3.24. The van der Waals surface area contributed by atoms with Gasteiger partial charge in [0.1, 0.15) is 11.5 Å². The standard InChI is InChI=1S/C21H33N5O/c1-17(2)26-14-6-9-19(26)21(27)25-12-5-8-18(16-25)20-22-10-15-24(20)13-7-11-23(3)4/h6,9-10,14-15,17-18H,5,7-8,11-13,16H2,1-4H3. The highest BCUT2D eigenvalue weighted by Gasteiger charge is 2.29. The number of nitrogens with zero attached hydrogens (tertiary/aromatic N) is 5. The van der Waals surface area contributed by atoms with Gasteiger partial charge in [0, 0.05) is 50.2 Å². The van der Waals surface area contributed by atoms with Crippen molar-refractivity contribution in [3.8, 4) is 0 Å². The van der Waals surface area contributed by atoms with Crippen LogP contribution in [0.25, 0.3) is 0 Å². The van der Waals surface area contributed by atoms with Gasteiger partial charge in [0.2, 0.25) is 0 Å². The Labute approximate surface area is 162 Å². The van der Waals surface area contributed by atoms with Gasteiger partial charge in [-0.1, -0.05) is 0 Å². The Morgan fingerprint density at radius 3 is 2.89 bits per heavy atom. The molecule has 0 bridgehead atoms. The van der Waals surface area contributed by atoms with Crippen LogP contribution in [0.2, 0.25) is 0 Å². The molecule has 1 fully saturated rings. The number of hydrogen-bond acceptors (Lipinski definition) is 3. The Hall–Kier alpha value is -2.08. The molecule has 2 aromatic heterocycles. The molecule has 3 rings (SSSR count). The molecular weight excluding hydrogens is 338 g/mol. The number of aryl methyl sites for hydroxylation is 1. The quantitative estimate of drug-likeness (QED) is 0.751. The van der Waals surface area contributed by atoms with Crippen molar-refractivity contribution in [3.05, 3.63) is 42.2 Å². The lowest BCUT2D eigenvalue weighted by Gasteiger charge is -2.33. The van der Waals surface area contributed by atoms with Crippen LogP contribution in [-0.4, -0.2) is 63.6 Å². The van der Waals surface area contributed by atoms with Crippen molar-refractivity contribution in [2.75, 3.05) is 33.7 Å². The van der Waals surface area contributed by atoms with E-state index >= 15 is 0 Å². The zero-order valence-electron chi connectivity index (χ0n) is 17.1. The zero-order valence-corrected chi connectivity index (χ0v) is 17.1. The van der Waals surface area contributed by atoms with Crippen LogP contribution in [-0.2, 0) is 6.54 Å². The highest BCUT2D eigenvalue weighted by atomic mass is 16.2. The fourth-order valence-electron chi connectivity index (χ4n) is 3.99. The van der Waals surface area contributed by atoms with E-state index in [-0.39, 0.29) is 11.9 Å². The smallest absolute Gasteiger partial charge is 0.270 e. The first-order valence-electron chi connectivity index (χ1n) is 10.1. The van der Waals surface area contributed by atoms with E-state index in [9.17, 15) is 4.79 Å². The fourth-order valence-corrected chi connectivity index (χ4v) is 3.99. The highest BCUT2D eigenvalue weighted by Crippen LogP contribution is 2.27. The van der Waals surface area contributed by atoms with Crippen LogP contribution in [0, 0.1) is 0 Å². The lowest BCUT2D eigenvalue weighted by Crippen LogP contribution is -2.40. The maximum Gasteiger partial charge on any atom is 0.270 e. The summed E-state index contributed by atoms with van der Waals surface area (Å²) < 4.78 is 4.34. The first-order valence-corrected chi connectivity index (χ1v) is 10.1. The first-order chi connectivity index (χ1) is 13.0. The van der Waals surface area contributed by atoms with E-state index in [4.69, 9.17) is 0 Å². The number of hydrogen-bond donors (Lipinski definition) is 0. The number of carbonyl (C=O) groups is 1. The molecule has 0 N–H and O–H groups in total. The molecule has 0 aliphatic carbocycles. The number of likely N-dealkylation sites (tertiary alicyclic amines) is 1. The summed E-state index contributed by atoms with van der Waals surface area (Å²) in [6.45, 7) is 7.86. The summed E-state index contributed by atoms with van der Waals surface area (Å²) in [7, 11) is 4.21. The summed E-state index contributed by atoms with van der Waals surface area (Å²) in [6, 6.07) is 4.19. The molecule has 0 radical (unpaired) electrons. The second-order valence-electron chi connectivity index (χ2n) is 8.12. The molecule has 1 aliphatic rings. The molecule has 1 saturated heterocycles. The van der Waals surface area contributed by atoms with Crippen LogP contribution in [0.1, 0.15) is 61.4 Å². The fraction of sp³-hybridized carbons (Fsp3) is 0.619. The minimum Gasteiger partial charge on any atom is -0.341 e. The average Bonchev–Trinajstić information content (AvgIpc) is 3.30. The second-order valence-corrected chi connectivity index (χ2v) is 8.12. The van der Waals surface area contributed by atoms with E-state index in [0.29, 0.717) is 5.92 Å². The molecule has 3 heterocycles. The van der Waals surface area contributed by atoms with Crippen molar-refractivity contribution in [1.29, 1.82) is 0 Å². The normalized spacial score (nSPS) is 17.9. The molecule has 0 aromatic carbocycles. The van der Waals surface area contributed by atoms with Crippen molar-refractivity contribution in [3.63, 3.8) is 0 Å². The van der Waals surface area contributed by atoms with Crippen LogP contribution in [0.3, 0.4) is 0 Å². The van der Waals surface area contributed by atoms with Gasteiger partial charge in [0.05, 0.1) is 0 Å². The third-order valence-electron chi connectivity index (χ3n) is 5.38. The minimum atomic E-state index is 0.143. The number of aromatic nitrogens is 3. The number of amides is 1. The summed E-state index contributed by atoms with van der Waals surface area (Å²) >= 11 is 0. The van der Waals surface area contributed by atoms with Crippen molar-refractivity contribution < 1.29 is 4.79 Å². The maximum atomic E-state index is 13.1. The molecule has 6 heteroatoms.